The number of sulfone groups is 1. The summed E-state index contributed by atoms with van der Waals surface area (Å²) in [5.41, 5.74) is 0.650. The Kier molecular flexibility index (Phi) is 7.02. The van der Waals surface area contributed by atoms with E-state index >= 15 is 0 Å². The van der Waals surface area contributed by atoms with Gasteiger partial charge in [-0.05, 0) is 37.1 Å². The molecule has 1 atom stereocenters. The Labute approximate surface area is 154 Å². The maximum absolute atomic E-state index is 12.6. The molecule has 1 aromatic carbocycles. The number of ether oxygens (including phenoxy) is 1. The van der Waals surface area contributed by atoms with Crippen molar-refractivity contribution in [3.05, 3.63) is 24.3 Å². The molecule has 1 saturated heterocycles. The van der Waals surface area contributed by atoms with Crippen LogP contribution >= 0.6 is 0 Å². The molecule has 0 spiro atoms. The summed E-state index contributed by atoms with van der Waals surface area (Å²) in [6.07, 6.45) is 2.24. The van der Waals surface area contributed by atoms with Gasteiger partial charge in [-0.15, -0.1) is 0 Å². The fraction of sp³-hybridized carbons (Fsp3) is 0.556. The summed E-state index contributed by atoms with van der Waals surface area (Å²) in [5, 5.41) is 2.66. The Bertz CT molecular complexity index is 730. The maximum Gasteiger partial charge on any atom is 0.260 e. The molecule has 0 aromatic heterocycles. The second-order valence-corrected chi connectivity index (χ2v) is 8.72. The van der Waals surface area contributed by atoms with Crippen LogP contribution in [0.5, 0.6) is 5.75 Å². The second-order valence-electron chi connectivity index (χ2n) is 6.49. The summed E-state index contributed by atoms with van der Waals surface area (Å²) in [5.74, 6) is 0.327. The van der Waals surface area contributed by atoms with Crippen LogP contribution in [0.1, 0.15) is 33.1 Å². The minimum Gasteiger partial charge on any atom is -0.484 e. The van der Waals surface area contributed by atoms with Crippen molar-refractivity contribution in [2.75, 3.05) is 30.0 Å². The van der Waals surface area contributed by atoms with Crippen LogP contribution in [0.2, 0.25) is 0 Å². The number of amides is 2. The molecule has 0 saturated carbocycles. The third kappa shape index (κ3) is 6.01. The van der Waals surface area contributed by atoms with Crippen molar-refractivity contribution >= 4 is 27.3 Å². The van der Waals surface area contributed by atoms with E-state index in [9.17, 15) is 18.0 Å². The molecular formula is C18H26N2O5S. The highest BCUT2D eigenvalue weighted by Gasteiger charge is 2.34. The van der Waals surface area contributed by atoms with Crippen molar-refractivity contribution in [1.29, 1.82) is 0 Å². The van der Waals surface area contributed by atoms with E-state index < -0.39 is 9.84 Å². The average Bonchev–Trinajstić information content (AvgIpc) is 2.94. The first-order valence-corrected chi connectivity index (χ1v) is 10.6. The number of nitrogens with zero attached hydrogens (tertiary/aromatic N) is 1. The van der Waals surface area contributed by atoms with E-state index in [4.69, 9.17) is 4.74 Å². The van der Waals surface area contributed by atoms with Crippen LogP contribution in [0, 0.1) is 0 Å². The van der Waals surface area contributed by atoms with Gasteiger partial charge in [0.05, 0.1) is 11.5 Å². The van der Waals surface area contributed by atoms with Gasteiger partial charge in [0.1, 0.15) is 5.75 Å². The van der Waals surface area contributed by atoms with Crippen LogP contribution in [-0.2, 0) is 19.4 Å². The van der Waals surface area contributed by atoms with Crippen molar-refractivity contribution in [1.82, 2.24) is 4.90 Å². The molecule has 7 nitrogen and oxygen atoms in total. The molecule has 26 heavy (non-hydrogen) atoms. The Balaban J connectivity index is 1.95. The topological polar surface area (TPSA) is 92.8 Å². The Hall–Kier alpha value is -2.09. The van der Waals surface area contributed by atoms with Gasteiger partial charge in [0.15, 0.2) is 16.4 Å². The van der Waals surface area contributed by atoms with Gasteiger partial charge in [-0.1, -0.05) is 13.3 Å². The molecule has 2 amide bonds. The number of benzene rings is 1. The minimum atomic E-state index is -3.05. The highest BCUT2D eigenvalue weighted by Crippen LogP contribution is 2.20. The predicted molar refractivity (Wildman–Crippen MR) is 99.9 cm³/mol. The maximum atomic E-state index is 12.6. The number of rotatable bonds is 8. The van der Waals surface area contributed by atoms with E-state index in [2.05, 4.69) is 5.32 Å². The first-order valence-electron chi connectivity index (χ1n) is 8.81. The standard InChI is InChI=1S/C18H26N2O5S/c1-3-4-10-20(16-9-11-26(23,24)13-16)18(22)12-25-17-7-5-15(6-8-17)19-14(2)21/h5-8,16H,3-4,9-13H2,1-2H3,(H,19,21)/t16-/m0/s1. The minimum absolute atomic E-state index is 0.0356. The fourth-order valence-corrected chi connectivity index (χ4v) is 4.66. The third-order valence-corrected chi connectivity index (χ3v) is 6.01. The predicted octanol–water partition coefficient (Wildman–Crippen LogP) is 1.84. The first kappa shape index (κ1) is 20.2. The molecule has 0 unspecified atom stereocenters. The molecule has 0 aliphatic carbocycles. The van der Waals surface area contributed by atoms with Gasteiger partial charge >= 0.3 is 0 Å². The number of carbonyl (C=O) groups is 2. The number of unbranched alkanes of at least 4 members (excludes halogenated alkanes) is 1. The number of hydrogen-bond acceptors (Lipinski definition) is 5. The molecule has 1 aliphatic rings. The van der Waals surface area contributed by atoms with Gasteiger partial charge in [-0.2, -0.15) is 0 Å². The number of carbonyl (C=O) groups excluding carboxylic acids is 2. The molecule has 0 bridgehead atoms. The Morgan fingerprint density at radius 1 is 1.27 bits per heavy atom. The summed E-state index contributed by atoms with van der Waals surface area (Å²) >= 11 is 0. The molecule has 2 rings (SSSR count). The van der Waals surface area contributed by atoms with Crippen LogP contribution in [-0.4, -0.2) is 55.8 Å². The van der Waals surface area contributed by atoms with E-state index in [-0.39, 0.29) is 36.0 Å². The molecule has 1 aliphatic heterocycles. The Morgan fingerprint density at radius 2 is 1.96 bits per heavy atom. The van der Waals surface area contributed by atoms with E-state index in [1.807, 2.05) is 6.92 Å². The van der Waals surface area contributed by atoms with Crippen LogP contribution < -0.4 is 10.1 Å². The highest BCUT2D eigenvalue weighted by atomic mass is 32.2. The van der Waals surface area contributed by atoms with E-state index in [1.165, 1.54) is 6.92 Å². The first-order chi connectivity index (χ1) is 12.3. The van der Waals surface area contributed by atoms with Gasteiger partial charge in [-0.25, -0.2) is 8.42 Å². The van der Waals surface area contributed by atoms with Gasteiger partial charge < -0.3 is 15.0 Å². The van der Waals surface area contributed by atoms with Crippen molar-refractivity contribution < 1.29 is 22.7 Å². The molecular weight excluding hydrogens is 356 g/mol. The highest BCUT2D eigenvalue weighted by molar-refractivity contribution is 7.91. The van der Waals surface area contributed by atoms with Gasteiger partial charge in [-0.3, -0.25) is 9.59 Å². The molecule has 1 fully saturated rings. The number of anilines is 1. The zero-order valence-corrected chi connectivity index (χ0v) is 16.0. The smallest absolute Gasteiger partial charge is 0.260 e. The normalized spacial score (nSPS) is 18.3. The SMILES string of the molecule is CCCCN(C(=O)COc1ccc(NC(C)=O)cc1)[C@H]1CCS(=O)(=O)C1. The van der Waals surface area contributed by atoms with Crippen molar-refractivity contribution in [2.24, 2.45) is 0 Å². The molecule has 8 heteroatoms. The van der Waals surface area contributed by atoms with E-state index in [0.717, 1.165) is 12.8 Å². The lowest BCUT2D eigenvalue weighted by Crippen LogP contribution is -2.44. The van der Waals surface area contributed by atoms with Crippen molar-refractivity contribution in [3.63, 3.8) is 0 Å². The second kappa shape index (κ2) is 9.02. The molecule has 144 valence electrons. The number of nitrogens with one attached hydrogen (secondary N) is 1. The van der Waals surface area contributed by atoms with E-state index in [0.29, 0.717) is 24.4 Å². The van der Waals surface area contributed by atoms with Crippen molar-refractivity contribution in [2.45, 2.75) is 39.2 Å². The van der Waals surface area contributed by atoms with Gasteiger partial charge in [0.2, 0.25) is 5.91 Å². The summed E-state index contributed by atoms with van der Waals surface area (Å²) in [6.45, 7) is 3.86. The zero-order valence-electron chi connectivity index (χ0n) is 15.2. The summed E-state index contributed by atoms with van der Waals surface area (Å²) in [7, 11) is -3.05. The monoisotopic (exact) mass is 382 g/mol. The molecule has 1 aromatic rings. The molecule has 1 N–H and O–H groups in total. The van der Waals surface area contributed by atoms with E-state index in [1.54, 1.807) is 29.2 Å². The largest absolute Gasteiger partial charge is 0.484 e. The summed E-state index contributed by atoms with van der Waals surface area (Å²) in [4.78, 5) is 25.2. The number of hydrogen-bond donors (Lipinski definition) is 1. The van der Waals surface area contributed by atoms with Crippen LogP contribution in [0.4, 0.5) is 5.69 Å². The summed E-state index contributed by atoms with van der Waals surface area (Å²) < 4.78 is 29.0. The molecule has 1 heterocycles. The third-order valence-electron chi connectivity index (χ3n) is 4.26. The lowest BCUT2D eigenvalue weighted by atomic mass is 10.2. The zero-order chi connectivity index (χ0) is 19.2. The van der Waals surface area contributed by atoms with Crippen molar-refractivity contribution in [3.8, 4) is 5.75 Å². The Morgan fingerprint density at radius 3 is 2.50 bits per heavy atom. The summed E-state index contributed by atoms with van der Waals surface area (Å²) in [6, 6.07) is 6.48. The van der Waals surface area contributed by atoms with Crippen LogP contribution in [0.15, 0.2) is 24.3 Å². The van der Waals surface area contributed by atoms with Crippen LogP contribution in [0.3, 0.4) is 0 Å². The van der Waals surface area contributed by atoms with Gasteiger partial charge in [0, 0.05) is 25.2 Å². The van der Waals surface area contributed by atoms with Crippen LogP contribution in [0.25, 0.3) is 0 Å². The van der Waals surface area contributed by atoms with Gasteiger partial charge in [0.25, 0.3) is 5.91 Å². The quantitative estimate of drug-likeness (QED) is 0.741. The lowest BCUT2D eigenvalue weighted by molar-refractivity contribution is -0.135. The molecule has 0 radical (unpaired) electrons. The average molecular weight is 382 g/mol. The lowest BCUT2D eigenvalue weighted by Gasteiger charge is -2.28. The fourth-order valence-electron chi connectivity index (χ4n) is 2.93.